The average Bonchev–Trinajstić information content (AvgIpc) is 3.05. The quantitative estimate of drug-likeness (QED) is 0.761. The predicted molar refractivity (Wildman–Crippen MR) is 79.2 cm³/mol. The first-order valence-corrected chi connectivity index (χ1v) is 7.18. The topological polar surface area (TPSA) is 20.7 Å². The van der Waals surface area contributed by atoms with E-state index in [1.54, 1.807) is 0 Å². The summed E-state index contributed by atoms with van der Waals surface area (Å²) in [5.74, 6) is 0.692. The van der Waals surface area contributed by atoms with E-state index in [1.807, 2.05) is 12.1 Å². The van der Waals surface area contributed by atoms with E-state index in [1.165, 1.54) is 12.8 Å². The molecule has 0 bridgehead atoms. The Labute approximate surface area is 121 Å². The molecule has 0 amide bonds. The van der Waals surface area contributed by atoms with Gasteiger partial charge in [0.25, 0.3) is 0 Å². The lowest BCUT2D eigenvalue weighted by molar-refractivity contribution is 0.310. The Balaban J connectivity index is 2.31. The van der Waals surface area contributed by atoms with Gasteiger partial charge < -0.3 is 9.55 Å². The summed E-state index contributed by atoms with van der Waals surface area (Å²) in [6.07, 6.45) is 2.53. The second-order valence-electron chi connectivity index (χ2n) is 5.48. The van der Waals surface area contributed by atoms with Crippen LogP contribution in [0.5, 0.6) is 0 Å². The van der Waals surface area contributed by atoms with Gasteiger partial charge in [-0.25, -0.2) is 0 Å². The molecule has 96 valence electrons. The van der Waals surface area contributed by atoms with Gasteiger partial charge in [0.2, 0.25) is 0 Å². The molecule has 2 nitrogen and oxygen atoms in total. The lowest BCUT2D eigenvalue weighted by Crippen LogP contribution is -2.28. The largest absolute Gasteiger partial charge is 0.331 e. The second kappa shape index (κ2) is 3.99. The summed E-state index contributed by atoms with van der Waals surface area (Å²) in [5.41, 5.74) is 2.00. The monoisotopic (exact) mass is 300 g/mol. The molecule has 1 N–H and O–H groups in total. The summed E-state index contributed by atoms with van der Waals surface area (Å²) >= 11 is 17.6. The Kier molecular flexibility index (Phi) is 2.78. The van der Waals surface area contributed by atoms with Gasteiger partial charge in [-0.3, -0.25) is 0 Å². The molecule has 18 heavy (non-hydrogen) atoms. The number of hydrogen-bond acceptors (Lipinski definition) is 1. The van der Waals surface area contributed by atoms with Crippen molar-refractivity contribution in [2.75, 3.05) is 0 Å². The first kappa shape index (κ1) is 12.5. The predicted octanol–water partition coefficient (Wildman–Crippen LogP) is 5.15. The third-order valence-corrected chi connectivity index (χ3v) is 4.88. The maximum atomic E-state index is 6.12. The maximum absolute atomic E-state index is 6.12. The van der Waals surface area contributed by atoms with Crippen LogP contribution < -0.4 is 0 Å². The number of nitrogens with zero attached hydrogens (tertiary/aromatic N) is 1. The summed E-state index contributed by atoms with van der Waals surface area (Å²) in [5, 5.41) is 1.12. The Morgan fingerprint density at radius 1 is 1.28 bits per heavy atom. The molecule has 0 atom stereocenters. The van der Waals surface area contributed by atoms with Crippen LogP contribution in [-0.2, 0) is 5.54 Å². The lowest BCUT2D eigenvalue weighted by Gasteiger charge is -2.27. The van der Waals surface area contributed by atoms with Gasteiger partial charge in [0.1, 0.15) is 0 Å². The SMILES string of the molecule is CC(C)(C1CC1)n1c(=S)[nH]c2cc(Cl)c(Cl)cc21. The number of aromatic nitrogens is 2. The fourth-order valence-electron chi connectivity index (χ4n) is 2.65. The Morgan fingerprint density at radius 3 is 2.50 bits per heavy atom. The van der Waals surface area contributed by atoms with Crippen molar-refractivity contribution in [1.29, 1.82) is 0 Å². The van der Waals surface area contributed by atoms with E-state index < -0.39 is 0 Å². The number of halogens is 2. The third-order valence-electron chi connectivity index (χ3n) is 3.88. The highest BCUT2D eigenvalue weighted by atomic mass is 35.5. The molecule has 0 saturated heterocycles. The Morgan fingerprint density at radius 2 is 1.89 bits per heavy atom. The third kappa shape index (κ3) is 1.80. The molecule has 1 heterocycles. The van der Waals surface area contributed by atoms with Gasteiger partial charge in [0, 0.05) is 5.54 Å². The zero-order valence-corrected chi connectivity index (χ0v) is 12.6. The van der Waals surface area contributed by atoms with E-state index in [0.29, 0.717) is 16.0 Å². The van der Waals surface area contributed by atoms with Crippen molar-refractivity contribution in [3.63, 3.8) is 0 Å². The first-order chi connectivity index (χ1) is 8.41. The van der Waals surface area contributed by atoms with Gasteiger partial charge in [0.05, 0.1) is 21.1 Å². The minimum Gasteiger partial charge on any atom is -0.331 e. The minimum atomic E-state index is 0.0203. The Bertz CT molecular complexity index is 680. The number of nitrogens with one attached hydrogen (secondary N) is 1. The molecule has 0 radical (unpaired) electrons. The van der Waals surface area contributed by atoms with Crippen molar-refractivity contribution in [3.8, 4) is 0 Å². The zero-order chi connectivity index (χ0) is 13.1. The van der Waals surface area contributed by atoms with E-state index in [9.17, 15) is 0 Å². The molecular formula is C13H14Cl2N2S. The van der Waals surface area contributed by atoms with E-state index in [0.717, 1.165) is 15.8 Å². The zero-order valence-electron chi connectivity index (χ0n) is 10.3. The van der Waals surface area contributed by atoms with E-state index in [2.05, 4.69) is 23.4 Å². The molecule has 1 aliphatic carbocycles. The van der Waals surface area contributed by atoms with E-state index >= 15 is 0 Å². The van der Waals surface area contributed by atoms with Crippen LogP contribution >= 0.6 is 35.4 Å². The number of rotatable bonds is 2. The van der Waals surface area contributed by atoms with Crippen LogP contribution in [0.2, 0.25) is 10.0 Å². The van der Waals surface area contributed by atoms with Gasteiger partial charge in [-0.15, -0.1) is 0 Å². The molecule has 5 heteroatoms. The maximum Gasteiger partial charge on any atom is 0.178 e. The van der Waals surface area contributed by atoms with E-state index in [4.69, 9.17) is 35.4 Å². The lowest BCUT2D eigenvalue weighted by atomic mass is 9.98. The van der Waals surface area contributed by atoms with Crippen LogP contribution in [0, 0.1) is 10.7 Å². The summed E-state index contributed by atoms with van der Waals surface area (Å²) in [6, 6.07) is 3.74. The summed E-state index contributed by atoms with van der Waals surface area (Å²) in [6.45, 7) is 4.46. The summed E-state index contributed by atoms with van der Waals surface area (Å²) < 4.78 is 2.91. The van der Waals surface area contributed by atoms with Gasteiger partial charge in [-0.1, -0.05) is 23.2 Å². The molecule has 1 aliphatic rings. The molecule has 0 spiro atoms. The number of benzene rings is 1. The minimum absolute atomic E-state index is 0.0203. The van der Waals surface area contributed by atoms with Crippen molar-refractivity contribution < 1.29 is 0 Å². The molecule has 0 unspecified atom stereocenters. The van der Waals surface area contributed by atoms with Crippen molar-refractivity contribution >= 4 is 46.5 Å². The standard InChI is InChI=1S/C13H14Cl2N2S/c1-13(2,7-3-4-7)17-11-6-9(15)8(14)5-10(11)16-12(17)18/h5-7H,3-4H2,1-2H3,(H,16,18). The van der Waals surface area contributed by atoms with Gasteiger partial charge in [-0.2, -0.15) is 0 Å². The van der Waals surface area contributed by atoms with Crippen molar-refractivity contribution in [3.05, 3.63) is 26.9 Å². The van der Waals surface area contributed by atoms with Gasteiger partial charge >= 0.3 is 0 Å². The van der Waals surface area contributed by atoms with Crippen LogP contribution in [0.4, 0.5) is 0 Å². The van der Waals surface area contributed by atoms with Crippen LogP contribution in [0.3, 0.4) is 0 Å². The van der Waals surface area contributed by atoms with Crippen LogP contribution in [-0.4, -0.2) is 9.55 Å². The molecule has 1 saturated carbocycles. The number of H-pyrrole nitrogens is 1. The molecule has 1 fully saturated rings. The smallest absolute Gasteiger partial charge is 0.178 e. The highest BCUT2D eigenvalue weighted by Gasteiger charge is 2.40. The van der Waals surface area contributed by atoms with Gasteiger partial charge in [0.15, 0.2) is 4.77 Å². The number of hydrogen-bond donors (Lipinski definition) is 1. The molecule has 1 aromatic heterocycles. The van der Waals surface area contributed by atoms with Crippen molar-refractivity contribution in [1.82, 2.24) is 9.55 Å². The number of imidazole rings is 1. The summed E-state index contributed by atoms with van der Waals surface area (Å²) in [4.78, 5) is 3.22. The van der Waals surface area contributed by atoms with Crippen LogP contribution in [0.15, 0.2) is 12.1 Å². The number of aromatic amines is 1. The molecule has 0 aliphatic heterocycles. The average molecular weight is 301 g/mol. The van der Waals surface area contributed by atoms with E-state index in [-0.39, 0.29) is 5.54 Å². The number of fused-ring (bicyclic) bond motifs is 1. The summed E-state index contributed by atoms with van der Waals surface area (Å²) in [7, 11) is 0. The first-order valence-electron chi connectivity index (χ1n) is 6.01. The van der Waals surface area contributed by atoms with Crippen LogP contribution in [0.1, 0.15) is 26.7 Å². The van der Waals surface area contributed by atoms with Crippen molar-refractivity contribution in [2.24, 2.45) is 5.92 Å². The fourth-order valence-corrected chi connectivity index (χ4v) is 3.41. The van der Waals surface area contributed by atoms with Gasteiger partial charge in [-0.05, 0) is 57.0 Å². The molecule has 1 aromatic carbocycles. The second-order valence-corrected chi connectivity index (χ2v) is 6.68. The van der Waals surface area contributed by atoms with Crippen molar-refractivity contribution in [2.45, 2.75) is 32.2 Å². The normalized spacial score (nSPS) is 16.4. The molecular weight excluding hydrogens is 287 g/mol. The van der Waals surface area contributed by atoms with Crippen LogP contribution in [0.25, 0.3) is 11.0 Å². The molecule has 3 rings (SSSR count). The highest BCUT2D eigenvalue weighted by Crippen LogP contribution is 2.45. The molecule has 2 aromatic rings. The Hall–Kier alpha value is -0.510. The fraction of sp³-hybridized carbons (Fsp3) is 0.462. The highest BCUT2D eigenvalue weighted by molar-refractivity contribution is 7.71.